The van der Waals surface area contributed by atoms with Crippen LogP contribution in [0.3, 0.4) is 0 Å². The summed E-state index contributed by atoms with van der Waals surface area (Å²) in [6.45, 7) is 9.21. The molecule has 0 fully saturated rings. The summed E-state index contributed by atoms with van der Waals surface area (Å²) in [4.78, 5) is 11.7. The van der Waals surface area contributed by atoms with Crippen molar-refractivity contribution in [2.45, 2.75) is 32.4 Å². The molecule has 0 aliphatic carbocycles. The number of benzene rings is 1. The number of carbonyl (C=O) groups excluding carboxylic acids is 1. The zero-order valence-corrected chi connectivity index (χ0v) is 12.5. The minimum absolute atomic E-state index is 0.257. The van der Waals surface area contributed by atoms with Crippen LogP contribution in [0.2, 0.25) is 0 Å². The summed E-state index contributed by atoms with van der Waals surface area (Å²) in [5, 5.41) is 2.76. The fraction of sp³-hybridized carbons (Fsp3) is 0.357. The minimum Gasteiger partial charge on any atom is -0.444 e. The number of amides is 1. The van der Waals surface area contributed by atoms with Crippen LogP contribution in [-0.4, -0.2) is 11.7 Å². The van der Waals surface area contributed by atoms with Crippen molar-refractivity contribution in [3.63, 3.8) is 0 Å². The first-order valence-corrected chi connectivity index (χ1v) is 6.48. The molecule has 1 aromatic rings. The van der Waals surface area contributed by atoms with Crippen molar-refractivity contribution in [1.82, 2.24) is 5.32 Å². The second kappa shape index (κ2) is 6.05. The molecule has 0 aromatic heterocycles. The van der Waals surface area contributed by atoms with Gasteiger partial charge in [0, 0.05) is 4.47 Å². The number of alkyl carbamates (subject to hydrolysis) is 1. The van der Waals surface area contributed by atoms with Gasteiger partial charge in [0.25, 0.3) is 0 Å². The first-order chi connectivity index (χ1) is 8.31. The number of hydrogen-bond donors (Lipinski definition) is 1. The van der Waals surface area contributed by atoms with Crippen molar-refractivity contribution in [2.24, 2.45) is 0 Å². The maximum absolute atomic E-state index is 11.7. The summed E-state index contributed by atoms with van der Waals surface area (Å²) in [6.07, 6.45) is 1.22. The number of halogens is 1. The van der Waals surface area contributed by atoms with E-state index < -0.39 is 11.7 Å². The predicted octanol–water partition coefficient (Wildman–Crippen LogP) is 4.20. The van der Waals surface area contributed by atoms with Gasteiger partial charge in [-0.2, -0.15) is 0 Å². The monoisotopic (exact) mass is 311 g/mol. The molecule has 98 valence electrons. The summed E-state index contributed by atoms with van der Waals surface area (Å²) >= 11 is 3.37. The van der Waals surface area contributed by atoms with Crippen LogP contribution in [0.15, 0.2) is 41.4 Å². The van der Waals surface area contributed by atoms with Gasteiger partial charge >= 0.3 is 6.09 Å². The zero-order chi connectivity index (χ0) is 13.8. The molecule has 0 saturated heterocycles. The number of rotatable bonds is 3. The van der Waals surface area contributed by atoms with Crippen LogP contribution in [0, 0.1) is 0 Å². The molecule has 1 rings (SSSR count). The summed E-state index contributed by atoms with van der Waals surface area (Å²) in [5.41, 5.74) is 0.453. The Morgan fingerprint density at radius 3 is 2.39 bits per heavy atom. The molecule has 1 amide bonds. The number of hydrogen-bond acceptors (Lipinski definition) is 2. The second-order valence-corrected chi connectivity index (χ2v) is 5.83. The Kier molecular flexibility index (Phi) is 4.96. The number of nitrogens with one attached hydrogen (secondary N) is 1. The van der Waals surface area contributed by atoms with Gasteiger partial charge in [-0.1, -0.05) is 34.1 Å². The predicted molar refractivity (Wildman–Crippen MR) is 76.4 cm³/mol. The van der Waals surface area contributed by atoms with Gasteiger partial charge in [0.1, 0.15) is 5.60 Å². The summed E-state index contributed by atoms with van der Waals surface area (Å²) < 4.78 is 6.20. The van der Waals surface area contributed by atoms with Crippen LogP contribution in [-0.2, 0) is 4.74 Å². The van der Waals surface area contributed by atoms with E-state index in [0.29, 0.717) is 0 Å². The first kappa shape index (κ1) is 14.8. The smallest absolute Gasteiger partial charge is 0.408 e. The Bertz CT molecular complexity index is 420. The van der Waals surface area contributed by atoms with Gasteiger partial charge in [-0.05, 0) is 38.5 Å². The van der Waals surface area contributed by atoms with Crippen LogP contribution in [0.25, 0.3) is 0 Å². The van der Waals surface area contributed by atoms with Crippen LogP contribution in [0.5, 0.6) is 0 Å². The van der Waals surface area contributed by atoms with Gasteiger partial charge in [0.2, 0.25) is 0 Å². The molecule has 4 heteroatoms. The third kappa shape index (κ3) is 4.92. The first-order valence-electron chi connectivity index (χ1n) is 5.69. The van der Waals surface area contributed by atoms with E-state index in [2.05, 4.69) is 27.8 Å². The lowest BCUT2D eigenvalue weighted by atomic mass is 10.1. The molecule has 0 bridgehead atoms. The van der Waals surface area contributed by atoms with E-state index >= 15 is 0 Å². The van der Waals surface area contributed by atoms with Crippen LogP contribution >= 0.6 is 15.9 Å². The molecule has 18 heavy (non-hydrogen) atoms. The van der Waals surface area contributed by atoms with Crippen molar-refractivity contribution >= 4 is 22.0 Å². The Balaban J connectivity index is 2.71. The van der Waals surface area contributed by atoms with Crippen molar-refractivity contribution in [3.05, 3.63) is 47.0 Å². The molecule has 0 aliphatic heterocycles. The lowest BCUT2D eigenvalue weighted by molar-refractivity contribution is 0.0514. The van der Waals surface area contributed by atoms with Gasteiger partial charge < -0.3 is 10.1 Å². The third-order valence-corrected chi connectivity index (χ3v) is 2.67. The van der Waals surface area contributed by atoms with Crippen LogP contribution in [0.4, 0.5) is 4.79 Å². The maximum atomic E-state index is 11.7. The summed E-state index contributed by atoms with van der Waals surface area (Å²) in [6, 6.07) is 7.43. The molecule has 3 nitrogen and oxygen atoms in total. The van der Waals surface area contributed by atoms with Crippen molar-refractivity contribution in [1.29, 1.82) is 0 Å². The van der Waals surface area contributed by atoms with Gasteiger partial charge in [0.05, 0.1) is 6.04 Å². The highest BCUT2D eigenvalue weighted by Gasteiger charge is 2.18. The Labute approximate surface area is 116 Å². The molecule has 0 saturated carbocycles. The molecule has 1 unspecified atom stereocenters. The topological polar surface area (TPSA) is 38.3 Å². The Hall–Kier alpha value is -1.29. The lowest BCUT2D eigenvalue weighted by Gasteiger charge is -2.22. The Morgan fingerprint density at radius 2 is 1.94 bits per heavy atom. The lowest BCUT2D eigenvalue weighted by Crippen LogP contribution is -2.34. The SMILES string of the molecule is C=CC(NC(=O)OC(C)(C)C)c1ccc(Br)cc1. The molecule has 0 radical (unpaired) electrons. The normalized spacial score (nSPS) is 12.7. The maximum Gasteiger partial charge on any atom is 0.408 e. The van der Waals surface area contributed by atoms with Gasteiger partial charge in [-0.15, -0.1) is 6.58 Å². The van der Waals surface area contributed by atoms with E-state index in [1.807, 2.05) is 45.0 Å². The van der Waals surface area contributed by atoms with Crippen molar-refractivity contribution < 1.29 is 9.53 Å². The highest BCUT2D eigenvalue weighted by Crippen LogP contribution is 2.18. The van der Waals surface area contributed by atoms with Crippen molar-refractivity contribution in [3.8, 4) is 0 Å². The minimum atomic E-state index is -0.504. The molecule has 1 aromatic carbocycles. The fourth-order valence-corrected chi connectivity index (χ4v) is 1.65. The molecular weight excluding hydrogens is 294 g/mol. The van der Waals surface area contributed by atoms with Crippen LogP contribution < -0.4 is 5.32 Å². The Morgan fingerprint density at radius 1 is 1.39 bits per heavy atom. The average molecular weight is 312 g/mol. The number of carbonyl (C=O) groups is 1. The van der Waals surface area contributed by atoms with E-state index in [9.17, 15) is 4.79 Å². The van der Waals surface area contributed by atoms with E-state index in [4.69, 9.17) is 4.74 Å². The van der Waals surface area contributed by atoms with E-state index in [1.165, 1.54) is 0 Å². The summed E-state index contributed by atoms with van der Waals surface area (Å²) in [7, 11) is 0. The quantitative estimate of drug-likeness (QED) is 0.850. The largest absolute Gasteiger partial charge is 0.444 e. The van der Waals surface area contributed by atoms with Gasteiger partial charge in [0.15, 0.2) is 0 Å². The second-order valence-electron chi connectivity index (χ2n) is 4.91. The average Bonchev–Trinajstić information content (AvgIpc) is 2.25. The fourth-order valence-electron chi connectivity index (χ4n) is 1.38. The van der Waals surface area contributed by atoms with Crippen LogP contribution in [0.1, 0.15) is 32.4 Å². The summed E-state index contributed by atoms with van der Waals surface area (Å²) in [5.74, 6) is 0. The molecular formula is C14H18BrNO2. The van der Waals surface area contributed by atoms with E-state index in [-0.39, 0.29) is 6.04 Å². The van der Waals surface area contributed by atoms with Gasteiger partial charge in [-0.3, -0.25) is 0 Å². The van der Waals surface area contributed by atoms with E-state index in [1.54, 1.807) is 6.08 Å². The molecule has 1 N–H and O–H groups in total. The standard InChI is InChI=1S/C14H18BrNO2/c1-5-12(10-6-8-11(15)9-7-10)16-13(17)18-14(2,3)4/h5-9,12H,1H2,2-4H3,(H,16,17). The molecule has 0 spiro atoms. The molecule has 0 heterocycles. The zero-order valence-electron chi connectivity index (χ0n) is 10.9. The third-order valence-electron chi connectivity index (χ3n) is 2.14. The van der Waals surface area contributed by atoms with Gasteiger partial charge in [-0.25, -0.2) is 4.79 Å². The van der Waals surface area contributed by atoms with E-state index in [0.717, 1.165) is 10.0 Å². The molecule has 1 atom stereocenters. The van der Waals surface area contributed by atoms with Crippen molar-refractivity contribution in [2.75, 3.05) is 0 Å². The highest BCUT2D eigenvalue weighted by atomic mass is 79.9. The molecule has 0 aliphatic rings. The highest BCUT2D eigenvalue weighted by molar-refractivity contribution is 9.10. The number of ether oxygens (including phenoxy) is 1.